The van der Waals surface area contributed by atoms with Crippen LogP contribution in [0.4, 0.5) is 5.69 Å². The van der Waals surface area contributed by atoms with Crippen LogP contribution in [0.3, 0.4) is 0 Å². The van der Waals surface area contributed by atoms with Crippen LogP contribution in [0.5, 0.6) is 0 Å². The molecule has 2 nitrogen and oxygen atoms in total. The standard InChI is InChI=1S/C15H14BrNO/c1-10-2-4-11(5-3-10)8-15(18)13-7-6-12(16)9-14(13)17/h2-7,9H,8,17H2,1H3. The summed E-state index contributed by atoms with van der Waals surface area (Å²) < 4.78 is 0.881. The van der Waals surface area contributed by atoms with Crippen LogP contribution in [-0.2, 0) is 6.42 Å². The minimum Gasteiger partial charge on any atom is -0.398 e. The molecule has 0 aliphatic heterocycles. The molecular formula is C15H14BrNO. The molecule has 0 atom stereocenters. The first-order chi connectivity index (χ1) is 8.56. The molecule has 2 aromatic carbocycles. The Balaban J connectivity index is 2.19. The van der Waals surface area contributed by atoms with Crippen molar-refractivity contribution in [3.05, 3.63) is 63.6 Å². The van der Waals surface area contributed by atoms with Gasteiger partial charge in [-0.15, -0.1) is 0 Å². The second-order valence-electron chi connectivity index (χ2n) is 4.32. The van der Waals surface area contributed by atoms with Crippen molar-refractivity contribution in [3.63, 3.8) is 0 Å². The van der Waals surface area contributed by atoms with Crippen molar-refractivity contribution in [3.8, 4) is 0 Å². The number of halogens is 1. The predicted octanol–water partition coefficient (Wildman–Crippen LogP) is 3.77. The Morgan fingerprint density at radius 2 is 1.83 bits per heavy atom. The van der Waals surface area contributed by atoms with E-state index >= 15 is 0 Å². The second-order valence-corrected chi connectivity index (χ2v) is 5.23. The lowest BCUT2D eigenvalue weighted by atomic mass is 10.0. The normalized spacial score (nSPS) is 10.3. The highest BCUT2D eigenvalue weighted by Crippen LogP contribution is 2.20. The monoisotopic (exact) mass is 303 g/mol. The zero-order chi connectivity index (χ0) is 13.1. The molecule has 0 saturated heterocycles. The van der Waals surface area contributed by atoms with E-state index in [1.54, 1.807) is 12.1 Å². The van der Waals surface area contributed by atoms with Gasteiger partial charge in [-0.05, 0) is 30.7 Å². The van der Waals surface area contributed by atoms with Crippen LogP contribution in [0.2, 0.25) is 0 Å². The van der Waals surface area contributed by atoms with Gasteiger partial charge in [0.1, 0.15) is 0 Å². The Bertz CT molecular complexity index is 576. The summed E-state index contributed by atoms with van der Waals surface area (Å²) in [7, 11) is 0. The second kappa shape index (κ2) is 5.36. The van der Waals surface area contributed by atoms with E-state index in [2.05, 4.69) is 15.9 Å². The van der Waals surface area contributed by atoms with Gasteiger partial charge in [-0.25, -0.2) is 0 Å². The Morgan fingerprint density at radius 1 is 1.17 bits per heavy atom. The number of rotatable bonds is 3. The molecule has 0 heterocycles. The average molecular weight is 304 g/mol. The van der Waals surface area contributed by atoms with Crippen molar-refractivity contribution in [1.29, 1.82) is 0 Å². The number of benzene rings is 2. The quantitative estimate of drug-likeness (QED) is 0.693. The highest BCUT2D eigenvalue weighted by Gasteiger charge is 2.10. The topological polar surface area (TPSA) is 43.1 Å². The van der Waals surface area contributed by atoms with Gasteiger partial charge in [0.05, 0.1) is 0 Å². The fourth-order valence-electron chi connectivity index (χ4n) is 1.77. The molecule has 0 aromatic heterocycles. The first-order valence-corrected chi connectivity index (χ1v) is 6.49. The van der Waals surface area contributed by atoms with Crippen molar-refractivity contribution in [2.45, 2.75) is 13.3 Å². The molecule has 0 amide bonds. The fraction of sp³-hybridized carbons (Fsp3) is 0.133. The molecule has 18 heavy (non-hydrogen) atoms. The van der Waals surface area contributed by atoms with Gasteiger partial charge in [-0.2, -0.15) is 0 Å². The minimum atomic E-state index is 0.0452. The van der Waals surface area contributed by atoms with Crippen LogP contribution in [-0.4, -0.2) is 5.78 Å². The number of ketones is 1. The third kappa shape index (κ3) is 2.99. The van der Waals surface area contributed by atoms with Crippen LogP contribution in [0, 0.1) is 6.92 Å². The Kier molecular flexibility index (Phi) is 3.82. The summed E-state index contributed by atoms with van der Waals surface area (Å²) in [5.41, 5.74) is 9.14. The van der Waals surface area contributed by atoms with E-state index in [1.807, 2.05) is 37.3 Å². The van der Waals surface area contributed by atoms with E-state index in [-0.39, 0.29) is 5.78 Å². The zero-order valence-electron chi connectivity index (χ0n) is 10.1. The maximum atomic E-state index is 12.1. The van der Waals surface area contributed by atoms with E-state index in [4.69, 9.17) is 5.73 Å². The molecule has 2 rings (SSSR count). The molecule has 0 bridgehead atoms. The van der Waals surface area contributed by atoms with Crippen LogP contribution in [0.15, 0.2) is 46.9 Å². The van der Waals surface area contributed by atoms with E-state index in [1.165, 1.54) is 5.56 Å². The van der Waals surface area contributed by atoms with Crippen molar-refractivity contribution < 1.29 is 4.79 Å². The Morgan fingerprint density at radius 3 is 2.44 bits per heavy atom. The number of hydrogen-bond donors (Lipinski definition) is 1. The highest BCUT2D eigenvalue weighted by molar-refractivity contribution is 9.10. The largest absolute Gasteiger partial charge is 0.398 e. The summed E-state index contributed by atoms with van der Waals surface area (Å²) in [6.45, 7) is 2.03. The van der Waals surface area contributed by atoms with Gasteiger partial charge in [0.2, 0.25) is 0 Å². The van der Waals surface area contributed by atoms with E-state index < -0.39 is 0 Å². The number of Topliss-reactive ketones (excluding diaryl/α,β-unsaturated/α-hetero) is 1. The van der Waals surface area contributed by atoms with Crippen molar-refractivity contribution >= 4 is 27.4 Å². The van der Waals surface area contributed by atoms with Gasteiger partial charge < -0.3 is 5.73 Å². The fourth-order valence-corrected chi connectivity index (χ4v) is 2.15. The summed E-state index contributed by atoms with van der Waals surface area (Å²) >= 11 is 3.33. The van der Waals surface area contributed by atoms with Gasteiger partial charge in [-0.3, -0.25) is 4.79 Å². The average Bonchev–Trinajstić information content (AvgIpc) is 2.32. The number of carbonyl (C=O) groups is 1. The van der Waals surface area contributed by atoms with Crippen LogP contribution in [0.25, 0.3) is 0 Å². The first-order valence-electron chi connectivity index (χ1n) is 5.70. The molecule has 2 aromatic rings. The molecule has 0 fully saturated rings. The highest BCUT2D eigenvalue weighted by atomic mass is 79.9. The molecule has 3 heteroatoms. The van der Waals surface area contributed by atoms with E-state index in [9.17, 15) is 4.79 Å². The molecule has 0 aliphatic carbocycles. The van der Waals surface area contributed by atoms with Crippen molar-refractivity contribution in [1.82, 2.24) is 0 Å². The van der Waals surface area contributed by atoms with Crippen molar-refractivity contribution in [2.24, 2.45) is 0 Å². The van der Waals surface area contributed by atoms with E-state index in [0.717, 1.165) is 10.0 Å². The lowest BCUT2D eigenvalue weighted by Crippen LogP contribution is -2.07. The molecule has 2 N–H and O–H groups in total. The number of carbonyl (C=O) groups excluding carboxylic acids is 1. The molecule has 0 radical (unpaired) electrons. The van der Waals surface area contributed by atoms with Gasteiger partial charge in [0.25, 0.3) is 0 Å². The third-order valence-electron chi connectivity index (χ3n) is 2.80. The maximum absolute atomic E-state index is 12.1. The molecule has 0 unspecified atom stereocenters. The molecule has 0 aliphatic rings. The molecule has 0 saturated carbocycles. The minimum absolute atomic E-state index is 0.0452. The number of hydrogen-bond acceptors (Lipinski definition) is 2. The smallest absolute Gasteiger partial charge is 0.169 e. The summed E-state index contributed by atoms with van der Waals surface area (Å²) in [6, 6.07) is 13.3. The van der Waals surface area contributed by atoms with Crippen LogP contribution < -0.4 is 5.73 Å². The van der Waals surface area contributed by atoms with E-state index in [0.29, 0.717) is 17.7 Å². The van der Waals surface area contributed by atoms with Gasteiger partial charge in [0, 0.05) is 22.1 Å². The molecular weight excluding hydrogens is 290 g/mol. The Hall–Kier alpha value is -1.61. The summed E-state index contributed by atoms with van der Waals surface area (Å²) in [5.74, 6) is 0.0452. The number of aryl methyl sites for hydroxylation is 1. The summed E-state index contributed by atoms with van der Waals surface area (Å²) in [4.78, 5) is 12.1. The van der Waals surface area contributed by atoms with Gasteiger partial charge in [0.15, 0.2) is 5.78 Å². The molecule has 92 valence electrons. The number of nitrogens with two attached hydrogens (primary N) is 1. The molecule has 0 spiro atoms. The lowest BCUT2D eigenvalue weighted by molar-refractivity contribution is 0.0994. The maximum Gasteiger partial charge on any atom is 0.169 e. The summed E-state index contributed by atoms with van der Waals surface area (Å²) in [6.07, 6.45) is 0.381. The number of nitrogen functional groups attached to an aromatic ring is 1. The first kappa shape index (κ1) is 12.8. The Labute approximate surface area is 115 Å². The lowest BCUT2D eigenvalue weighted by Gasteiger charge is -2.06. The van der Waals surface area contributed by atoms with Crippen LogP contribution in [0.1, 0.15) is 21.5 Å². The van der Waals surface area contributed by atoms with Gasteiger partial charge >= 0.3 is 0 Å². The number of anilines is 1. The zero-order valence-corrected chi connectivity index (χ0v) is 11.7. The summed E-state index contributed by atoms with van der Waals surface area (Å²) in [5, 5.41) is 0. The van der Waals surface area contributed by atoms with Gasteiger partial charge in [-0.1, -0.05) is 45.8 Å². The predicted molar refractivity (Wildman–Crippen MR) is 77.8 cm³/mol. The van der Waals surface area contributed by atoms with Crippen molar-refractivity contribution in [2.75, 3.05) is 5.73 Å². The third-order valence-corrected chi connectivity index (χ3v) is 3.29. The SMILES string of the molecule is Cc1ccc(CC(=O)c2ccc(Br)cc2N)cc1. The van der Waals surface area contributed by atoms with Crippen LogP contribution >= 0.6 is 15.9 Å².